The molecule has 1 saturated heterocycles. The minimum atomic E-state index is -6.29. The number of halogens is 6. The minimum Gasteiger partial charge on any atom is -0.445 e. The fourth-order valence-electron chi connectivity index (χ4n) is 3.26. The second-order valence-corrected chi connectivity index (χ2v) is 9.61. The van der Waals surface area contributed by atoms with Crippen LogP contribution in [-0.2, 0) is 26.0 Å². The van der Waals surface area contributed by atoms with Crippen LogP contribution in [0.4, 0.5) is 41.6 Å². The lowest BCUT2D eigenvalue weighted by Gasteiger charge is -2.41. The molecule has 1 aromatic rings. The summed E-state index contributed by atoms with van der Waals surface area (Å²) in [7, 11) is -6.29. The van der Waals surface area contributed by atoms with Crippen molar-refractivity contribution in [2.45, 2.75) is 70.0 Å². The molecule has 0 saturated carbocycles. The molecular weight excluding hydrogens is 510 g/mol. The third kappa shape index (κ3) is 5.76. The predicted molar refractivity (Wildman–Crippen MR) is 111 cm³/mol. The zero-order valence-electron chi connectivity index (χ0n) is 18.9. The summed E-state index contributed by atoms with van der Waals surface area (Å²) in [5.41, 5.74) is -9.64. The number of rotatable bonds is 7. The van der Waals surface area contributed by atoms with E-state index in [2.05, 4.69) is 4.74 Å². The van der Waals surface area contributed by atoms with Crippen LogP contribution in [0.5, 0.6) is 0 Å². The fraction of sp³-hybridized carbons (Fsp3) is 0.600. The molecule has 2 rings (SSSR count). The topological polar surface area (TPSA) is 93.2 Å². The molecule has 2 atom stereocenters. The van der Waals surface area contributed by atoms with Crippen molar-refractivity contribution >= 4 is 27.9 Å². The van der Waals surface area contributed by atoms with E-state index in [9.17, 15) is 44.3 Å². The average molecular weight is 534 g/mol. The second kappa shape index (κ2) is 10.1. The fourth-order valence-corrected chi connectivity index (χ4v) is 4.15. The monoisotopic (exact) mass is 534 g/mol. The molecule has 1 aliphatic rings. The van der Waals surface area contributed by atoms with Gasteiger partial charge in [0.25, 0.3) is 0 Å². The summed E-state index contributed by atoms with van der Waals surface area (Å²) in [4.78, 5) is 25.7. The van der Waals surface area contributed by atoms with Gasteiger partial charge in [-0.2, -0.15) is 39.1 Å². The number of anilines is 1. The molecule has 8 nitrogen and oxygen atoms in total. The van der Waals surface area contributed by atoms with Crippen molar-refractivity contribution in [3.63, 3.8) is 0 Å². The van der Waals surface area contributed by atoms with Gasteiger partial charge >= 0.3 is 33.9 Å². The van der Waals surface area contributed by atoms with Crippen LogP contribution < -0.4 is 4.31 Å². The van der Waals surface area contributed by atoms with E-state index in [-0.39, 0.29) is 12.0 Å². The Hall–Kier alpha value is -2.71. The number of sulfonamides is 1. The molecule has 0 bridgehead atoms. The van der Waals surface area contributed by atoms with Crippen LogP contribution in [0.2, 0.25) is 0 Å². The zero-order valence-corrected chi connectivity index (χ0v) is 19.8. The van der Waals surface area contributed by atoms with Crippen molar-refractivity contribution in [1.82, 2.24) is 4.90 Å². The number of carbonyl (C=O) groups is 2. The summed E-state index contributed by atoms with van der Waals surface area (Å²) >= 11 is 0. The molecule has 1 fully saturated rings. The Kier molecular flexibility index (Phi) is 8.24. The van der Waals surface area contributed by atoms with Crippen LogP contribution in [0.15, 0.2) is 24.3 Å². The van der Waals surface area contributed by atoms with Crippen LogP contribution in [0.3, 0.4) is 0 Å². The van der Waals surface area contributed by atoms with Crippen LogP contribution in [0, 0.1) is 0 Å². The van der Waals surface area contributed by atoms with Gasteiger partial charge in [0.2, 0.25) is 5.60 Å². The van der Waals surface area contributed by atoms with E-state index in [0.29, 0.717) is 0 Å². The molecule has 35 heavy (non-hydrogen) atoms. The predicted octanol–water partition coefficient (Wildman–Crippen LogP) is 5.33. The van der Waals surface area contributed by atoms with Crippen LogP contribution in [0.1, 0.15) is 45.6 Å². The molecule has 0 aromatic heterocycles. The molecule has 0 aliphatic carbocycles. The van der Waals surface area contributed by atoms with Gasteiger partial charge in [0.05, 0.1) is 12.2 Å². The number of hydrogen-bond donors (Lipinski definition) is 0. The Bertz CT molecular complexity index is 1050. The number of carbonyl (C=O) groups excluding carboxylic acids is 2. The van der Waals surface area contributed by atoms with Crippen molar-refractivity contribution in [2.24, 2.45) is 0 Å². The van der Waals surface area contributed by atoms with Crippen molar-refractivity contribution < 1.29 is 53.8 Å². The summed E-state index contributed by atoms with van der Waals surface area (Å²) in [6.07, 6.45) is -10.0. The maximum atomic E-state index is 13.4. The highest BCUT2D eigenvalue weighted by molar-refractivity contribution is 7.94. The third-order valence-electron chi connectivity index (χ3n) is 5.56. The molecule has 0 spiro atoms. The van der Waals surface area contributed by atoms with Gasteiger partial charge in [-0.05, 0) is 31.4 Å². The standard InChI is InChI=1S/C20H24F6N2O6S/c1-4-13(3)33-17(30)28(35(31,32)20(24,25)26)15-9-7-6-8-14(15)12-27-11-10-18(5-2,19(21,22)23)34-16(27)29/h6-9,13H,4-5,10-12H2,1-3H3. The third-order valence-corrected chi connectivity index (χ3v) is 6.97. The molecule has 1 aromatic carbocycles. The Morgan fingerprint density at radius 1 is 1.20 bits per heavy atom. The SMILES string of the molecule is CCC(C)OC(=O)N(c1ccccc1CN1CCC(CC)(C(F)(F)F)OC1=O)S(=O)(=O)C(F)(F)F. The highest BCUT2D eigenvalue weighted by Gasteiger charge is 2.59. The molecule has 1 heterocycles. The van der Waals surface area contributed by atoms with E-state index in [1.54, 1.807) is 6.92 Å². The summed E-state index contributed by atoms with van der Waals surface area (Å²) < 4.78 is 114. The number of nitrogens with zero attached hydrogens (tertiary/aromatic N) is 2. The van der Waals surface area contributed by atoms with Gasteiger partial charge in [-0.15, -0.1) is 0 Å². The van der Waals surface area contributed by atoms with Crippen molar-refractivity contribution in [3.8, 4) is 0 Å². The van der Waals surface area contributed by atoms with E-state index >= 15 is 0 Å². The van der Waals surface area contributed by atoms with Gasteiger partial charge in [-0.25, -0.2) is 9.59 Å². The number of amides is 2. The summed E-state index contributed by atoms with van der Waals surface area (Å²) in [6, 6.07) is 4.45. The molecular formula is C20H24F6N2O6S. The zero-order chi connectivity index (χ0) is 26.8. The number of hydrogen-bond acceptors (Lipinski definition) is 6. The molecule has 2 unspecified atom stereocenters. The van der Waals surface area contributed by atoms with E-state index < -0.39 is 81.5 Å². The van der Waals surface area contributed by atoms with Crippen LogP contribution in [0.25, 0.3) is 0 Å². The number of para-hydroxylation sites is 1. The largest absolute Gasteiger partial charge is 0.517 e. The lowest BCUT2D eigenvalue weighted by Crippen LogP contribution is -2.56. The van der Waals surface area contributed by atoms with Crippen molar-refractivity contribution in [3.05, 3.63) is 29.8 Å². The molecule has 2 amide bonds. The van der Waals surface area contributed by atoms with Crippen LogP contribution >= 0.6 is 0 Å². The Labute approximate surface area is 197 Å². The Balaban J connectivity index is 2.46. The molecule has 198 valence electrons. The van der Waals surface area contributed by atoms with E-state index in [0.717, 1.165) is 23.1 Å². The van der Waals surface area contributed by atoms with Crippen LogP contribution in [-0.4, -0.2) is 55.4 Å². The number of cyclic esters (lactones) is 1. The minimum absolute atomic E-state index is 0.172. The normalized spacial score (nSPS) is 20.3. The highest BCUT2D eigenvalue weighted by Crippen LogP contribution is 2.42. The lowest BCUT2D eigenvalue weighted by atomic mass is 9.93. The maximum absolute atomic E-state index is 13.4. The van der Waals surface area contributed by atoms with Gasteiger partial charge in [0, 0.05) is 13.0 Å². The van der Waals surface area contributed by atoms with E-state index in [4.69, 9.17) is 4.74 Å². The van der Waals surface area contributed by atoms with E-state index in [1.165, 1.54) is 19.9 Å². The quantitative estimate of drug-likeness (QED) is 0.439. The van der Waals surface area contributed by atoms with Gasteiger partial charge in [-0.3, -0.25) is 0 Å². The smallest absolute Gasteiger partial charge is 0.445 e. The Morgan fingerprint density at radius 2 is 1.80 bits per heavy atom. The van der Waals surface area contributed by atoms with E-state index in [1.807, 2.05) is 0 Å². The highest BCUT2D eigenvalue weighted by atomic mass is 32.2. The summed E-state index contributed by atoms with van der Waals surface area (Å²) in [5, 5.41) is 0. The first kappa shape index (κ1) is 28.5. The molecule has 1 aliphatic heterocycles. The van der Waals surface area contributed by atoms with Gasteiger partial charge in [0.1, 0.15) is 6.10 Å². The van der Waals surface area contributed by atoms with Gasteiger partial charge < -0.3 is 14.4 Å². The first-order chi connectivity index (χ1) is 16.0. The number of ether oxygens (including phenoxy) is 2. The van der Waals surface area contributed by atoms with Crippen molar-refractivity contribution in [1.29, 1.82) is 0 Å². The van der Waals surface area contributed by atoms with Gasteiger partial charge in [-0.1, -0.05) is 32.0 Å². The number of benzene rings is 1. The molecule has 15 heteroatoms. The molecule has 0 radical (unpaired) electrons. The summed E-state index contributed by atoms with van der Waals surface area (Å²) in [6.45, 7) is 2.96. The maximum Gasteiger partial charge on any atom is 0.517 e. The molecule has 0 N–H and O–H groups in total. The van der Waals surface area contributed by atoms with Gasteiger partial charge in [0.15, 0.2) is 0 Å². The van der Waals surface area contributed by atoms with Crippen molar-refractivity contribution in [2.75, 3.05) is 10.8 Å². The summed E-state index contributed by atoms with van der Waals surface area (Å²) in [5.74, 6) is 0. The average Bonchev–Trinajstić information content (AvgIpc) is 2.74. The lowest BCUT2D eigenvalue weighted by molar-refractivity contribution is -0.272. The second-order valence-electron chi connectivity index (χ2n) is 7.83. The Morgan fingerprint density at radius 3 is 2.29 bits per heavy atom. The number of alkyl halides is 6. The first-order valence-electron chi connectivity index (χ1n) is 10.5. The first-order valence-corrected chi connectivity index (χ1v) is 11.9.